The Hall–Kier alpha value is -1.73. The minimum Gasteiger partial charge on any atom is -0.304 e. The summed E-state index contributed by atoms with van der Waals surface area (Å²) >= 11 is 1.41. The molecule has 0 unspecified atom stereocenters. The van der Waals surface area contributed by atoms with E-state index >= 15 is 0 Å². The number of hydrogen-bond acceptors (Lipinski definition) is 5. The molecule has 2 aromatic heterocycles. The van der Waals surface area contributed by atoms with Crippen molar-refractivity contribution in [2.45, 2.75) is 32.9 Å². The summed E-state index contributed by atoms with van der Waals surface area (Å²) in [6.45, 7) is 6.38. The third-order valence-electron chi connectivity index (χ3n) is 3.13. The molecular weight excluding hydrogens is 274 g/mol. The summed E-state index contributed by atoms with van der Waals surface area (Å²) < 4.78 is 1.91. The van der Waals surface area contributed by atoms with Gasteiger partial charge in [-0.15, -0.1) is 11.3 Å². The second-order valence-corrected chi connectivity index (χ2v) is 5.69. The van der Waals surface area contributed by atoms with Crippen molar-refractivity contribution in [3.05, 3.63) is 29.5 Å². The number of amides is 1. The van der Waals surface area contributed by atoms with Gasteiger partial charge in [-0.1, -0.05) is 0 Å². The number of aryl methyl sites for hydroxylation is 1. The second kappa shape index (κ2) is 6.62. The summed E-state index contributed by atoms with van der Waals surface area (Å²) in [5.41, 5.74) is 1.13. The molecule has 0 aliphatic carbocycles. The van der Waals surface area contributed by atoms with Crippen molar-refractivity contribution in [2.24, 2.45) is 0 Å². The van der Waals surface area contributed by atoms with Crippen molar-refractivity contribution in [2.75, 3.05) is 11.9 Å². The number of rotatable bonds is 6. The molecule has 0 bridgehead atoms. The SMILES string of the molecule is Cc1cnn([C@@H](C)[C@H](C)NCC(=O)Nc2nccs2)c1. The number of nitrogens with zero attached hydrogens (tertiary/aromatic N) is 3. The lowest BCUT2D eigenvalue weighted by Crippen LogP contribution is -2.39. The van der Waals surface area contributed by atoms with E-state index in [4.69, 9.17) is 0 Å². The standard InChI is InChI=1S/C13H19N5OS/c1-9-6-16-18(8-9)11(3)10(2)15-7-12(19)17-13-14-4-5-20-13/h4-6,8,10-11,15H,7H2,1-3H3,(H,14,17,19)/t10-,11-/m0/s1. The Balaban J connectivity index is 1.79. The molecule has 0 fully saturated rings. The van der Waals surface area contributed by atoms with E-state index in [-0.39, 0.29) is 24.5 Å². The number of hydrogen-bond donors (Lipinski definition) is 2. The summed E-state index contributed by atoms with van der Waals surface area (Å²) in [5, 5.41) is 12.7. The van der Waals surface area contributed by atoms with Gasteiger partial charge in [0.2, 0.25) is 5.91 Å². The van der Waals surface area contributed by atoms with Gasteiger partial charge in [-0.3, -0.25) is 9.48 Å². The normalized spacial score (nSPS) is 13.9. The van der Waals surface area contributed by atoms with Gasteiger partial charge in [0.05, 0.1) is 18.8 Å². The van der Waals surface area contributed by atoms with Crippen LogP contribution < -0.4 is 10.6 Å². The van der Waals surface area contributed by atoms with E-state index < -0.39 is 0 Å². The van der Waals surface area contributed by atoms with Crippen molar-refractivity contribution in [1.29, 1.82) is 0 Å². The Morgan fingerprint density at radius 2 is 2.30 bits per heavy atom. The highest BCUT2D eigenvalue weighted by Crippen LogP contribution is 2.11. The molecular formula is C13H19N5OS. The first-order valence-corrected chi connectivity index (χ1v) is 7.37. The zero-order chi connectivity index (χ0) is 14.5. The van der Waals surface area contributed by atoms with Crippen LogP contribution >= 0.6 is 11.3 Å². The average Bonchev–Trinajstić information content (AvgIpc) is 3.06. The maximum atomic E-state index is 11.7. The predicted molar refractivity (Wildman–Crippen MR) is 79.9 cm³/mol. The molecule has 0 saturated carbocycles. The van der Waals surface area contributed by atoms with Crippen molar-refractivity contribution in [3.8, 4) is 0 Å². The molecule has 0 aliphatic heterocycles. The van der Waals surface area contributed by atoms with Gasteiger partial charge in [-0.05, 0) is 26.3 Å². The Morgan fingerprint density at radius 3 is 2.90 bits per heavy atom. The van der Waals surface area contributed by atoms with E-state index in [0.717, 1.165) is 5.56 Å². The largest absolute Gasteiger partial charge is 0.304 e. The Morgan fingerprint density at radius 1 is 1.50 bits per heavy atom. The van der Waals surface area contributed by atoms with E-state index in [2.05, 4.69) is 27.6 Å². The molecule has 2 atom stereocenters. The molecule has 2 N–H and O–H groups in total. The second-order valence-electron chi connectivity index (χ2n) is 4.79. The number of carbonyl (C=O) groups excluding carboxylic acids is 1. The first-order chi connectivity index (χ1) is 9.56. The van der Waals surface area contributed by atoms with Gasteiger partial charge in [0, 0.05) is 23.8 Å². The third kappa shape index (κ3) is 3.88. The molecule has 0 saturated heterocycles. The lowest BCUT2D eigenvalue weighted by molar-refractivity contribution is -0.115. The maximum absolute atomic E-state index is 11.7. The van der Waals surface area contributed by atoms with Crippen molar-refractivity contribution in [3.63, 3.8) is 0 Å². The van der Waals surface area contributed by atoms with Crippen LogP contribution in [0.4, 0.5) is 5.13 Å². The number of carbonyl (C=O) groups is 1. The molecule has 6 nitrogen and oxygen atoms in total. The van der Waals surface area contributed by atoms with Gasteiger partial charge < -0.3 is 10.6 Å². The van der Waals surface area contributed by atoms with E-state index in [0.29, 0.717) is 5.13 Å². The average molecular weight is 293 g/mol. The minimum atomic E-state index is -0.0874. The summed E-state index contributed by atoms with van der Waals surface area (Å²) in [4.78, 5) is 15.8. The number of thiazole rings is 1. The fourth-order valence-electron chi connectivity index (χ4n) is 1.76. The van der Waals surface area contributed by atoms with Crippen LogP contribution in [0, 0.1) is 6.92 Å². The van der Waals surface area contributed by atoms with Crippen LogP contribution in [-0.4, -0.2) is 33.3 Å². The van der Waals surface area contributed by atoms with Crippen LogP contribution in [0.3, 0.4) is 0 Å². The first-order valence-electron chi connectivity index (χ1n) is 6.49. The van der Waals surface area contributed by atoms with Crippen molar-refractivity contribution >= 4 is 22.4 Å². The summed E-state index contributed by atoms with van der Waals surface area (Å²) in [7, 11) is 0. The highest BCUT2D eigenvalue weighted by molar-refractivity contribution is 7.13. The smallest absolute Gasteiger partial charge is 0.240 e. The van der Waals surface area contributed by atoms with E-state index in [1.807, 2.05) is 36.3 Å². The fourth-order valence-corrected chi connectivity index (χ4v) is 2.30. The number of anilines is 1. The molecule has 2 heterocycles. The fraction of sp³-hybridized carbons (Fsp3) is 0.462. The van der Waals surface area contributed by atoms with Gasteiger partial charge in [0.15, 0.2) is 5.13 Å². The van der Waals surface area contributed by atoms with Crippen LogP contribution in [0.25, 0.3) is 0 Å². The lowest BCUT2D eigenvalue weighted by Gasteiger charge is -2.21. The van der Waals surface area contributed by atoms with Crippen molar-refractivity contribution < 1.29 is 4.79 Å². The highest BCUT2D eigenvalue weighted by Gasteiger charge is 2.15. The van der Waals surface area contributed by atoms with Gasteiger partial charge in [-0.25, -0.2) is 4.98 Å². The summed E-state index contributed by atoms with van der Waals surface area (Å²) in [6, 6.07) is 0.313. The zero-order valence-electron chi connectivity index (χ0n) is 11.8. The van der Waals surface area contributed by atoms with Crippen LogP contribution in [-0.2, 0) is 4.79 Å². The Kier molecular flexibility index (Phi) is 4.86. The predicted octanol–water partition coefficient (Wildman–Crippen LogP) is 1.83. The van der Waals surface area contributed by atoms with Gasteiger partial charge in [0.25, 0.3) is 0 Å². The third-order valence-corrected chi connectivity index (χ3v) is 3.82. The van der Waals surface area contributed by atoms with Crippen LogP contribution in [0.1, 0.15) is 25.5 Å². The zero-order valence-corrected chi connectivity index (χ0v) is 12.6. The van der Waals surface area contributed by atoms with Gasteiger partial charge >= 0.3 is 0 Å². The number of nitrogens with one attached hydrogen (secondary N) is 2. The summed E-state index contributed by atoms with van der Waals surface area (Å²) in [5.74, 6) is -0.0874. The van der Waals surface area contributed by atoms with E-state index in [1.54, 1.807) is 6.20 Å². The Bertz CT molecular complexity index is 551. The molecule has 2 rings (SSSR count). The molecule has 0 spiro atoms. The van der Waals surface area contributed by atoms with Crippen LogP contribution in [0.2, 0.25) is 0 Å². The molecule has 0 radical (unpaired) electrons. The molecule has 0 aliphatic rings. The van der Waals surface area contributed by atoms with Gasteiger partial charge in [-0.2, -0.15) is 5.10 Å². The first kappa shape index (κ1) is 14.7. The monoisotopic (exact) mass is 293 g/mol. The van der Waals surface area contributed by atoms with Crippen LogP contribution in [0.15, 0.2) is 24.0 Å². The van der Waals surface area contributed by atoms with Crippen molar-refractivity contribution in [1.82, 2.24) is 20.1 Å². The molecule has 7 heteroatoms. The Labute approximate surface area is 122 Å². The highest BCUT2D eigenvalue weighted by atomic mass is 32.1. The quantitative estimate of drug-likeness (QED) is 0.852. The lowest BCUT2D eigenvalue weighted by atomic mass is 10.2. The molecule has 108 valence electrons. The van der Waals surface area contributed by atoms with Gasteiger partial charge in [0.1, 0.15) is 0 Å². The van der Waals surface area contributed by atoms with E-state index in [1.165, 1.54) is 11.3 Å². The maximum Gasteiger partial charge on any atom is 0.240 e. The number of aromatic nitrogens is 3. The summed E-state index contributed by atoms with van der Waals surface area (Å²) in [6.07, 6.45) is 5.50. The molecule has 2 aromatic rings. The molecule has 20 heavy (non-hydrogen) atoms. The van der Waals surface area contributed by atoms with E-state index in [9.17, 15) is 4.79 Å². The van der Waals surface area contributed by atoms with Crippen LogP contribution in [0.5, 0.6) is 0 Å². The topological polar surface area (TPSA) is 71.8 Å². The minimum absolute atomic E-state index is 0.0874. The molecule has 1 amide bonds. The molecule has 0 aromatic carbocycles.